The van der Waals surface area contributed by atoms with Crippen molar-refractivity contribution < 1.29 is 24.1 Å². The number of rotatable bonds is 6. The van der Waals surface area contributed by atoms with Crippen LogP contribution in [0.15, 0.2) is 48.5 Å². The van der Waals surface area contributed by atoms with E-state index in [2.05, 4.69) is 16.1 Å². The molecule has 0 atom stereocenters. The number of piperazine rings is 1. The average Bonchev–Trinajstić information content (AvgIpc) is 2.69. The molecule has 0 aromatic heterocycles. The van der Waals surface area contributed by atoms with Gasteiger partial charge in [0.2, 0.25) is 0 Å². The van der Waals surface area contributed by atoms with Crippen LogP contribution in [-0.2, 0) is 16.1 Å². The number of benzene rings is 2. The highest BCUT2D eigenvalue weighted by Gasteiger charge is 2.25. The molecule has 1 amide bonds. The lowest BCUT2D eigenvalue weighted by Gasteiger charge is -2.29. The largest absolute Gasteiger partial charge is 0.465 e. The van der Waals surface area contributed by atoms with Crippen LogP contribution in [0.1, 0.15) is 15.9 Å². The summed E-state index contributed by atoms with van der Waals surface area (Å²) < 4.78 is 4.67. The van der Waals surface area contributed by atoms with Crippen LogP contribution in [0.3, 0.4) is 0 Å². The first-order valence-electron chi connectivity index (χ1n) is 9.43. The Morgan fingerprint density at radius 3 is 2.36 bits per heavy atom. The van der Waals surface area contributed by atoms with Crippen molar-refractivity contribution in [2.75, 3.05) is 45.2 Å². The van der Waals surface area contributed by atoms with Crippen LogP contribution in [0.25, 0.3) is 0 Å². The molecule has 3 N–H and O–H groups in total. The zero-order chi connectivity index (χ0) is 19.9. The van der Waals surface area contributed by atoms with Gasteiger partial charge in [0.05, 0.1) is 12.7 Å². The van der Waals surface area contributed by atoms with E-state index in [1.165, 1.54) is 22.5 Å². The summed E-state index contributed by atoms with van der Waals surface area (Å²) in [4.78, 5) is 26.6. The SMILES string of the molecule is COC(=O)c1ccc(NC(=O)C[NH+]2CC[NH+](Cc3cccc(Cl)c3)CC2)cc1. The van der Waals surface area contributed by atoms with Crippen LogP contribution >= 0.6 is 11.6 Å². The monoisotopic (exact) mass is 403 g/mol. The normalized spacial score (nSPS) is 19.1. The van der Waals surface area contributed by atoms with Gasteiger partial charge < -0.3 is 19.9 Å². The number of carbonyl (C=O) groups excluding carboxylic acids is 2. The lowest BCUT2D eigenvalue weighted by molar-refractivity contribution is -1.02. The molecule has 148 valence electrons. The maximum atomic E-state index is 12.3. The Morgan fingerprint density at radius 2 is 1.71 bits per heavy atom. The van der Waals surface area contributed by atoms with Gasteiger partial charge in [0.15, 0.2) is 6.54 Å². The summed E-state index contributed by atoms with van der Waals surface area (Å²) in [6.07, 6.45) is 0. The molecule has 0 unspecified atom stereocenters. The number of anilines is 1. The van der Waals surface area contributed by atoms with Crippen LogP contribution in [0.5, 0.6) is 0 Å². The molecule has 0 saturated carbocycles. The molecular weight excluding hydrogens is 378 g/mol. The number of methoxy groups -OCH3 is 1. The van der Waals surface area contributed by atoms with Crippen molar-refractivity contribution in [2.45, 2.75) is 6.54 Å². The molecular formula is C21H26ClN3O3+2. The predicted molar refractivity (Wildman–Crippen MR) is 108 cm³/mol. The maximum absolute atomic E-state index is 12.3. The number of amides is 1. The first-order chi connectivity index (χ1) is 13.5. The molecule has 3 rings (SSSR count). The fraction of sp³-hybridized carbons (Fsp3) is 0.333. The summed E-state index contributed by atoms with van der Waals surface area (Å²) in [6.45, 7) is 5.40. The zero-order valence-electron chi connectivity index (χ0n) is 16.0. The fourth-order valence-corrected chi connectivity index (χ4v) is 3.70. The number of quaternary nitrogens is 2. The molecule has 1 saturated heterocycles. The first kappa shape index (κ1) is 20.3. The van der Waals surface area contributed by atoms with E-state index in [0.29, 0.717) is 17.8 Å². The smallest absolute Gasteiger partial charge is 0.337 e. The van der Waals surface area contributed by atoms with Gasteiger partial charge in [-0.2, -0.15) is 0 Å². The first-order valence-corrected chi connectivity index (χ1v) is 9.81. The summed E-state index contributed by atoms with van der Waals surface area (Å²) in [7, 11) is 1.34. The van der Waals surface area contributed by atoms with Gasteiger partial charge in [-0.05, 0) is 36.4 Å². The molecule has 7 heteroatoms. The van der Waals surface area contributed by atoms with E-state index >= 15 is 0 Å². The lowest BCUT2D eigenvalue weighted by atomic mass is 10.2. The minimum absolute atomic E-state index is 0.0147. The number of carbonyl (C=O) groups is 2. The maximum Gasteiger partial charge on any atom is 0.337 e. The van der Waals surface area contributed by atoms with Crippen LogP contribution in [0, 0.1) is 0 Å². The third-order valence-corrected chi connectivity index (χ3v) is 5.24. The van der Waals surface area contributed by atoms with Crippen LogP contribution in [0.4, 0.5) is 5.69 Å². The minimum Gasteiger partial charge on any atom is -0.465 e. The van der Waals surface area contributed by atoms with Gasteiger partial charge in [0, 0.05) is 16.3 Å². The van der Waals surface area contributed by atoms with E-state index in [0.717, 1.165) is 37.7 Å². The van der Waals surface area contributed by atoms with E-state index < -0.39 is 0 Å². The number of esters is 1. The van der Waals surface area contributed by atoms with E-state index in [1.807, 2.05) is 18.2 Å². The Balaban J connectivity index is 1.43. The number of hydrogen-bond acceptors (Lipinski definition) is 3. The van der Waals surface area contributed by atoms with Crippen LogP contribution < -0.4 is 15.1 Å². The number of halogens is 1. The Bertz CT molecular complexity index is 818. The highest BCUT2D eigenvalue weighted by Crippen LogP contribution is 2.10. The number of nitrogens with one attached hydrogen (secondary N) is 3. The van der Waals surface area contributed by atoms with Crippen LogP contribution in [0.2, 0.25) is 5.02 Å². The number of hydrogen-bond donors (Lipinski definition) is 3. The highest BCUT2D eigenvalue weighted by atomic mass is 35.5. The molecule has 2 aromatic carbocycles. The second-order valence-electron chi connectivity index (χ2n) is 7.10. The minimum atomic E-state index is -0.388. The molecule has 1 fully saturated rings. The van der Waals surface area contributed by atoms with Crippen molar-refractivity contribution in [1.82, 2.24) is 0 Å². The third kappa shape index (κ3) is 5.79. The topological polar surface area (TPSA) is 64.3 Å². The van der Waals surface area contributed by atoms with E-state index in [4.69, 9.17) is 11.6 Å². The standard InChI is InChI=1S/C21H24ClN3O3/c1-28-21(27)17-5-7-19(8-6-17)23-20(26)15-25-11-9-24(10-12-25)14-16-3-2-4-18(22)13-16/h2-8,13H,9-12,14-15H2,1H3,(H,23,26)/p+2. The van der Waals surface area contributed by atoms with Crippen molar-refractivity contribution >= 4 is 29.2 Å². The molecule has 1 heterocycles. The van der Waals surface area contributed by atoms with Crippen molar-refractivity contribution in [3.63, 3.8) is 0 Å². The Kier molecular flexibility index (Phi) is 7.03. The quantitative estimate of drug-likeness (QED) is 0.597. The Labute approximate surface area is 170 Å². The summed E-state index contributed by atoms with van der Waals surface area (Å²) in [6, 6.07) is 14.7. The lowest BCUT2D eigenvalue weighted by Crippen LogP contribution is -3.28. The van der Waals surface area contributed by atoms with Gasteiger partial charge in [-0.25, -0.2) is 4.79 Å². The Hall–Kier alpha value is -2.41. The molecule has 1 aliphatic rings. The van der Waals surface area contributed by atoms with E-state index in [9.17, 15) is 9.59 Å². The number of ether oxygens (including phenoxy) is 1. The van der Waals surface area contributed by atoms with Crippen molar-refractivity contribution in [1.29, 1.82) is 0 Å². The zero-order valence-corrected chi connectivity index (χ0v) is 16.7. The fourth-order valence-electron chi connectivity index (χ4n) is 3.49. The molecule has 2 aromatic rings. The summed E-state index contributed by atoms with van der Waals surface area (Å²) in [5, 5.41) is 3.67. The average molecular weight is 404 g/mol. The summed E-state index contributed by atoms with van der Waals surface area (Å²) in [5.74, 6) is -0.403. The van der Waals surface area contributed by atoms with Crippen molar-refractivity contribution in [3.05, 3.63) is 64.7 Å². The molecule has 6 nitrogen and oxygen atoms in total. The van der Waals surface area contributed by atoms with Crippen LogP contribution in [-0.4, -0.2) is 51.7 Å². The molecule has 1 aliphatic heterocycles. The van der Waals surface area contributed by atoms with Gasteiger partial charge in [0.25, 0.3) is 5.91 Å². The van der Waals surface area contributed by atoms with Gasteiger partial charge in [-0.3, -0.25) is 4.79 Å². The van der Waals surface area contributed by atoms with E-state index in [1.54, 1.807) is 24.3 Å². The second-order valence-corrected chi connectivity index (χ2v) is 7.54. The summed E-state index contributed by atoms with van der Waals surface area (Å²) in [5.41, 5.74) is 2.39. The highest BCUT2D eigenvalue weighted by molar-refractivity contribution is 6.30. The molecule has 0 aliphatic carbocycles. The van der Waals surface area contributed by atoms with E-state index in [-0.39, 0.29) is 11.9 Å². The van der Waals surface area contributed by atoms with Crippen molar-refractivity contribution in [3.8, 4) is 0 Å². The molecule has 0 radical (unpaired) electrons. The van der Waals surface area contributed by atoms with Gasteiger partial charge >= 0.3 is 5.97 Å². The second kappa shape index (κ2) is 9.68. The van der Waals surface area contributed by atoms with Gasteiger partial charge in [-0.1, -0.05) is 23.7 Å². The molecule has 0 spiro atoms. The van der Waals surface area contributed by atoms with Gasteiger partial charge in [0.1, 0.15) is 32.7 Å². The predicted octanol–water partition coefficient (Wildman–Crippen LogP) is 0.0487. The molecule has 28 heavy (non-hydrogen) atoms. The summed E-state index contributed by atoms with van der Waals surface area (Å²) >= 11 is 6.06. The van der Waals surface area contributed by atoms with Crippen molar-refractivity contribution in [2.24, 2.45) is 0 Å². The van der Waals surface area contributed by atoms with Gasteiger partial charge in [-0.15, -0.1) is 0 Å². The Morgan fingerprint density at radius 1 is 1.04 bits per heavy atom. The third-order valence-electron chi connectivity index (χ3n) is 5.01. The molecule has 0 bridgehead atoms.